The number of nitrogens with zero attached hydrogens (tertiary/aromatic N) is 3. The maximum Gasteiger partial charge on any atom is 0.275 e. The van der Waals surface area contributed by atoms with Crippen LogP contribution in [0.4, 0.5) is 0 Å². The summed E-state index contributed by atoms with van der Waals surface area (Å²) in [6, 6.07) is 9.32. The molecule has 112 valence electrons. The summed E-state index contributed by atoms with van der Waals surface area (Å²) in [4.78, 5) is 14.7. The molecule has 2 aromatic heterocycles. The largest absolute Gasteiger partial charge is 0.377 e. The number of hydrogen-bond acceptors (Lipinski definition) is 4. The Hall–Kier alpha value is -2.67. The van der Waals surface area contributed by atoms with Crippen LogP contribution in [-0.2, 0) is 4.74 Å². The number of carbonyl (C=O) groups excluding carboxylic acids is 1. The number of fused-ring (bicyclic) bond motifs is 1. The van der Waals surface area contributed by atoms with Crippen molar-refractivity contribution in [3.05, 3.63) is 47.9 Å². The number of carbonyl (C=O) groups is 1. The van der Waals surface area contributed by atoms with E-state index in [1.54, 1.807) is 11.1 Å². The number of amides is 1. The number of aromatic amines is 2. The van der Waals surface area contributed by atoms with Gasteiger partial charge in [0, 0.05) is 18.1 Å². The van der Waals surface area contributed by atoms with E-state index < -0.39 is 0 Å². The lowest BCUT2D eigenvalue weighted by atomic mass is 10.1. The van der Waals surface area contributed by atoms with Gasteiger partial charge in [-0.1, -0.05) is 18.2 Å². The van der Waals surface area contributed by atoms with Crippen molar-refractivity contribution < 1.29 is 9.53 Å². The summed E-state index contributed by atoms with van der Waals surface area (Å²) >= 11 is 0. The molecule has 1 amide bonds. The van der Waals surface area contributed by atoms with Crippen molar-refractivity contribution >= 4 is 16.8 Å². The third-order valence-electron chi connectivity index (χ3n) is 3.94. The number of hydrogen-bond donors (Lipinski definition) is 2. The second kappa shape index (κ2) is 5.27. The molecular weight excluding hydrogens is 282 g/mol. The van der Waals surface area contributed by atoms with Gasteiger partial charge in [-0.3, -0.25) is 15.0 Å². The Morgan fingerprint density at radius 2 is 2.18 bits per heavy atom. The topological polar surface area (TPSA) is 86.9 Å². The Labute approximate surface area is 126 Å². The molecule has 1 aliphatic rings. The number of para-hydroxylation sites is 1. The highest BCUT2D eigenvalue weighted by Crippen LogP contribution is 2.26. The highest BCUT2D eigenvalue weighted by Gasteiger charge is 2.32. The van der Waals surface area contributed by atoms with E-state index in [1.807, 2.05) is 30.3 Å². The lowest BCUT2D eigenvalue weighted by Gasteiger charge is -2.34. The van der Waals surface area contributed by atoms with Crippen LogP contribution in [0.2, 0.25) is 0 Å². The average Bonchev–Trinajstić information content (AvgIpc) is 3.24. The first-order valence-electron chi connectivity index (χ1n) is 7.15. The van der Waals surface area contributed by atoms with E-state index in [-0.39, 0.29) is 11.9 Å². The molecule has 3 aromatic rings. The normalized spacial score (nSPS) is 18.7. The van der Waals surface area contributed by atoms with E-state index in [9.17, 15) is 4.79 Å². The van der Waals surface area contributed by atoms with E-state index in [2.05, 4.69) is 20.4 Å². The van der Waals surface area contributed by atoms with Crippen LogP contribution in [0.15, 0.2) is 36.5 Å². The number of nitrogens with one attached hydrogen (secondary N) is 2. The molecule has 22 heavy (non-hydrogen) atoms. The second-order valence-electron chi connectivity index (χ2n) is 5.22. The zero-order valence-corrected chi connectivity index (χ0v) is 11.8. The number of aromatic nitrogens is 4. The molecule has 1 aromatic carbocycles. The molecule has 1 unspecified atom stereocenters. The van der Waals surface area contributed by atoms with Crippen LogP contribution in [-0.4, -0.2) is 51.0 Å². The lowest BCUT2D eigenvalue weighted by molar-refractivity contribution is -0.00411. The van der Waals surface area contributed by atoms with Crippen molar-refractivity contribution in [3.8, 4) is 0 Å². The standard InChI is InChI=1S/C15H15N5O2/c21-15(14-10-3-1-2-4-11(10)18-19-14)20-7-8-22-9-13(20)12-5-6-16-17-12/h1-6,13H,7-9H2,(H,16,17)(H,18,19). The maximum absolute atomic E-state index is 12.9. The highest BCUT2D eigenvalue weighted by molar-refractivity contribution is 6.04. The molecule has 4 rings (SSSR count). The lowest BCUT2D eigenvalue weighted by Crippen LogP contribution is -2.43. The first-order valence-corrected chi connectivity index (χ1v) is 7.15. The van der Waals surface area contributed by atoms with Gasteiger partial charge in [0.2, 0.25) is 0 Å². The molecule has 0 spiro atoms. The Balaban J connectivity index is 1.71. The number of benzene rings is 1. The Kier molecular flexibility index (Phi) is 3.12. The van der Waals surface area contributed by atoms with Gasteiger partial charge in [-0.2, -0.15) is 10.2 Å². The van der Waals surface area contributed by atoms with E-state index >= 15 is 0 Å². The fraction of sp³-hybridized carbons (Fsp3) is 0.267. The first kappa shape index (κ1) is 13.0. The maximum atomic E-state index is 12.9. The van der Waals surface area contributed by atoms with E-state index in [1.165, 1.54) is 0 Å². The van der Waals surface area contributed by atoms with E-state index in [0.29, 0.717) is 25.5 Å². The fourth-order valence-electron chi connectivity index (χ4n) is 2.82. The smallest absolute Gasteiger partial charge is 0.275 e. The molecule has 1 fully saturated rings. The minimum atomic E-state index is -0.167. The fourth-order valence-corrected chi connectivity index (χ4v) is 2.82. The molecule has 7 nitrogen and oxygen atoms in total. The number of morpholine rings is 1. The second-order valence-corrected chi connectivity index (χ2v) is 5.22. The summed E-state index contributed by atoms with van der Waals surface area (Å²) < 4.78 is 5.52. The summed E-state index contributed by atoms with van der Waals surface area (Å²) in [5.41, 5.74) is 2.17. The molecule has 1 aliphatic heterocycles. The van der Waals surface area contributed by atoms with Crippen LogP contribution in [0, 0.1) is 0 Å². The van der Waals surface area contributed by atoms with Crippen molar-refractivity contribution in [1.82, 2.24) is 25.3 Å². The Morgan fingerprint density at radius 1 is 1.27 bits per heavy atom. The Morgan fingerprint density at radius 3 is 3.05 bits per heavy atom. The molecular formula is C15H15N5O2. The van der Waals surface area contributed by atoms with Crippen molar-refractivity contribution in [2.45, 2.75) is 6.04 Å². The third-order valence-corrected chi connectivity index (χ3v) is 3.94. The molecule has 2 N–H and O–H groups in total. The van der Waals surface area contributed by atoms with Gasteiger partial charge in [-0.05, 0) is 12.1 Å². The van der Waals surface area contributed by atoms with Gasteiger partial charge in [0.1, 0.15) is 0 Å². The molecule has 0 aliphatic carbocycles. The van der Waals surface area contributed by atoms with Gasteiger partial charge >= 0.3 is 0 Å². The van der Waals surface area contributed by atoms with Gasteiger partial charge in [0.05, 0.1) is 30.5 Å². The van der Waals surface area contributed by atoms with Crippen molar-refractivity contribution in [1.29, 1.82) is 0 Å². The van der Waals surface area contributed by atoms with Crippen LogP contribution < -0.4 is 0 Å². The summed E-state index contributed by atoms with van der Waals surface area (Å²) in [6.45, 7) is 1.51. The third kappa shape index (κ3) is 2.06. The predicted molar refractivity (Wildman–Crippen MR) is 79.3 cm³/mol. The number of H-pyrrole nitrogens is 2. The average molecular weight is 297 g/mol. The van der Waals surface area contributed by atoms with Crippen LogP contribution >= 0.6 is 0 Å². The highest BCUT2D eigenvalue weighted by atomic mass is 16.5. The quantitative estimate of drug-likeness (QED) is 0.750. The van der Waals surface area contributed by atoms with Crippen LogP contribution in [0.5, 0.6) is 0 Å². The Bertz CT molecular complexity index is 795. The molecule has 0 bridgehead atoms. The molecule has 1 saturated heterocycles. The minimum absolute atomic E-state index is 0.0969. The number of rotatable bonds is 2. The molecule has 0 radical (unpaired) electrons. The van der Waals surface area contributed by atoms with Crippen molar-refractivity contribution in [2.24, 2.45) is 0 Å². The molecule has 1 atom stereocenters. The van der Waals surface area contributed by atoms with Crippen LogP contribution in [0.25, 0.3) is 10.9 Å². The summed E-state index contributed by atoms with van der Waals surface area (Å²) in [6.07, 6.45) is 1.68. The minimum Gasteiger partial charge on any atom is -0.377 e. The molecule has 3 heterocycles. The monoisotopic (exact) mass is 297 g/mol. The van der Waals surface area contributed by atoms with E-state index in [0.717, 1.165) is 16.6 Å². The number of ether oxygens (including phenoxy) is 1. The zero-order valence-electron chi connectivity index (χ0n) is 11.8. The predicted octanol–water partition coefficient (Wildman–Crippen LogP) is 1.50. The molecule has 0 saturated carbocycles. The first-order chi connectivity index (χ1) is 10.8. The van der Waals surface area contributed by atoms with Crippen LogP contribution in [0.1, 0.15) is 22.2 Å². The zero-order chi connectivity index (χ0) is 14.9. The van der Waals surface area contributed by atoms with Crippen molar-refractivity contribution in [2.75, 3.05) is 19.8 Å². The summed E-state index contributed by atoms with van der Waals surface area (Å²) in [5, 5.41) is 14.8. The summed E-state index contributed by atoms with van der Waals surface area (Å²) in [7, 11) is 0. The van der Waals surface area contributed by atoms with Crippen molar-refractivity contribution in [3.63, 3.8) is 0 Å². The SMILES string of the molecule is O=C(c1n[nH]c2ccccc12)N1CCOCC1c1ccn[nH]1. The van der Waals surface area contributed by atoms with Gasteiger partial charge < -0.3 is 9.64 Å². The van der Waals surface area contributed by atoms with E-state index in [4.69, 9.17) is 4.74 Å². The van der Waals surface area contributed by atoms with Gasteiger partial charge in [-0.25, -0.2) is 0 Å². The molecule has 7 heteroatoms. The van der Waals surface area contributed by atoms with Gasteiger partial charge in [0.25, 0.3) is 5.91 Å². The van der Waals surface area contributed by atoms with Crippen LogP contribution in [0.3, 0.4) is 0 Å². The summed E-state index contributed by atoms with van der Waals surface area (Å²) in [5.74, 6) is -0.0969. The van der Waals surface area contributed by atoms with Gasteiger partial charge in [-0.15, -0.1) is 0 Å². The van der Waals surface area contributed by atoms with Gasteiger partial charge in [0.15, 0.2) is 5.69 Å².